The molecule has 0 bridgehead atoms. The number of carboxylic acids is 1. The largest absolute Gasteiger partial charge is 0.481 e. The van der Waals surface area contributed by atoms with E-state index < -0.39 is 5.97 Å². The standard InChI is InChI=1S/C16H30O4S/c1-14(2)10-8-6-4-3-5-7-9-11-20-16(19)13-21-12-15(17)18/h14H,3-13H2,1-2H3,(H,17,18). The van der Waals surface area contributed by atoms with Crippen LogP contribution in [0.3, 0.4) is 0 Å². The number of rotatable bonds is 14. The zero-order valence-corrected chi connectivity index (χ0v) is 14.3. The van der Waals surface area contributed by atoms with Gasteiger partial charge in [0.1, 0.15) is 0 Å². The molecule has 1 N–H and O–H groups in total. The van der Waals surface area contributed by atoms with Crippen molar-refractivity contribution in [3.8, 4) is 0 Å². The molecule has 0 rings (SSSR count). The fourth-order valence-electron chi connectivity index (χ4n) is 1.99. The van der Waals surface area contributed by atoms with Crippen LogP contribution in [0.15, 0.2) is 0 Å². The topological polar surface area (TPSA) is 63.6 Å². The molecule has 0 unspecified atom stereocenters. The molecule has 21 heavy (non-hydrogen) atoms. The van der Waals surface area contributed by atoms with E-state index in [0.29, 0.717) is 6.61 Å². The number of carbonyl (C=O) groups is 2. The molecule has 4 nitrogen and oxygen atoms in total. The van der Waals surface area contributed by atoms with Gasteiger partial charge >= 0.3 is 11.9 Å². The summed E-state index contributed by atoms with van der Waals surface area (Å²) in [5.41, 5.74) is 0. The summed E-state index contributed by atoms with van der Waals surface area (Å²) in [5.74, 6) is -0.321. The summed E-state index contributed by atoms with van der Waals surface area (Å²) in [6.07, 6.45) is 9.76. The van der Waals surface area contributed by atoms with Crippen molar-refractivity contribution < 1.29 is 19.4 Å². The second-order valence-corrected chi connectivity index (χ2v) is 6.75. The van der Waals surface area contributed by atoms with Gasteiger partial charge < -0.3 is 9.84 Å². The first-order valence-electron chi connectivity index (χ1n) is 7.97. The second-order valence-electron chi connectivity index (χ2n) is 5.76. The molecule has 0 aliphatic heterocycles. The van der Waals surface area contributed by atoms with Crippen molar-refractivity contribution >= 4 is 23.7 Å². The summed E-state index contributed by atoms with van der Waals surface area (Å²) in [6.45, 7) is 4.99. The predicted molar refractivity (Wildman–Crippen MR) is 87.7 cm³/mol. The van der Waals surface area contributed by atoms with Crippen molar-refractivity contribution in [3.63, 3.8) is 0 Å². The van der Waals surface area contributed by atoms with Crippen LogP contribution in [0.4, 0.5) is 0 Å². The fourth-order valence-corrected chi connectivity index (χ4v) is 2.51. The second kappa shape index (κ2) is 14.2. The molecule has 0 saturated heterocycles. The predicted octanol–water partition coefficient (Wildman–Crippen LogP) is 4.12. The highest BCUT2D eigenvalue weighted by molar-refractivity contribution is 8.00. The van der Waals surface area contributed by atoms with Gasteiger partial charge in [0.2, 0.25) is 0 Å². The van der Waals surface area contributed by atoms with E-state index in [-0.39, 0.29) is 17.5 Å². The van der Waals surface area contributed by atoms with E-state index in [1.807, 2.05) is 0 Å². The van der Waals surface area contributed by atoms with Gasteiger partial charge in [-0.25, -0.2) is 0 Å². The molecular weight excluding hydrogens is 288 g/mol. The molecule has 0 aromatic heterocycles. The van der Waals surface area contributed by atoms with E-state index in [2.05, 4.69) is 13.8 Å². The van der Waals surface area contributed by atoms with Gasteiger partial charge in [0.15, 0.2) is 0 Å². The van der Waals surface area contributed by atoms with Crippen LogP contribution >= 0.6 is 11.8 Å². The molecule has 0 atom stereocenters. The third kappa shape index (κ3) is 17.2. The Morgan fingerprint density at radius 2 is 1.52 bits per heavy atom. The number of hydrogen-bond donors (Lipinski definition) is 1. The van der Waals surface area contributed by atoms with Crippen molar-refractivity contribution in [1.29, 1.82) is 0 Å². The number of aliphatic carboxylic acids is 1. The van der Waals surface area contributed by atoms with Crippen LogP contribution in [0.25, 0.3) is 0 Å². The van der Waals surface area contributed by atoms with Crippen LogP contribution in [0.5, 0.6) is 0 Å². The molecule has 0 radical (unpaired) electrons. The van der Waals surface area contributed by atoms with Crippen molar-refractivity contribution in [1.82, 2.24) is 0 Å². The van der Waals surface area contributed by atoms with Gasteiger partial charge in [-0.2, -0.15) is 0 Å². The molecule has 0 spiro atoms. The van der Waals surface area contributed by atoms with E-state index in [4.69, 9.17) is 9.84 Å². The summed E-state index contributed by atoms with van der Waals surface area (Å²) < 4.78 is 5.04. The molecule has 0 saturated carbocycles. The lowest BCUT2D eigenvalue weighted by Crippen LogP contribution is -2.10. The first kappa shape index (κ1) is 20.3. The molecule has 0 amide bonds. The van der Waals surface area contributed by atoms with Gasteiger partial charge in [0.25, 0.3) is 0 Å². The summed E-state index contributed by atoms with van der Waals surface area (Å²) in [7, 11) is 0. The highest BCUT2D eigenvalue weighted by Crippen LogP contribution is 2.12. The number of hydrogen-bond acceptors (Lipinski definition) is 4. The third-order valence-electron chi connectivity index (χ3n) is 3.13. The molecular formula is C16H30O4S. The summed E-state index contributed by atoms with van der Waals surface area (Å²) in [4.78, 5) is 21.5. The lowest BCUT2D eigenvalue weighted by molar-refractivity contribution is -0.140. The molecule has 0 aliphatic rings. The third-order valence-corrected chi connectivity index (χ3v) is 4.03. The lowest BCUT2D eigenvalue weighted by Gasteiger charge is -2.05. The highest BCUT2D eigenvalue weighted by Gasteiger charge is 2.05. The van der Waals surface area contributed by atoms with Crippen molar-refractivity contribution in [2.45, 2.75) is 65.2 Å². The normalized spacial score (nSPS) is 10.8. The summed E-state index contributed by atoms with van der Waals surface area (Å²) in [5, 5.41) is 8.43. The Kier molecular flexibility index (Phi) is 13.8. The Hall–Kier alpha value is -0.710. The molecule has 0 aromatic carbocycles. The van der Waals surface area contributed by atoms with E-state index in [0.717, 1.165) is 30.5 Å². The van der Waals surface area contributed by atoms with Gasteiger partial charge in [-0.1, -0.05) is 58.8 Å². The number of carboxylic acid groups (broad SMARTS) is 1. The molecule has 124 valence electrons. The van der Waals surface area contributed by atoms with E-state index in [1.165, 1.54) is 38.5 Å². The first-order chi connectivity index (χ1) is 10.0. The Morgan fingerprint density at radius 3 is 2.10 bits per heavy atom. The van der Waals surface area contributed by atoms with E-state index in [9.17, 15) is 9.59 Å². The minimum absolute atomic E-state index is 0.0497. The van der Waals surface area contributed by atoms with Crippen molar-refractivity contribution in [3.05, 3.63) is 0 Å². The Morgan fingerprint density at radius 1 is 0.952 bits per heavy atom. The van der Waals surface area contributed by atoms with Gasteiger partial charge in [-0.05, 0) is 12.3 Å². The maximum atomic E-state index is 11.3. The zero-order chi connectivity index (χ0) is 15.9. The Labute approximate surface area is 133 Å². The maximum Gasteiger partial charge on any atom is 0.315 e. The molecule has 0 aromatic rings. The maximum absolute atomic E-state index is 11.3. The van der Waals surface area contributed by atoms with Crippen LogP contribution in [-0.4, -0.2) is 35.2 Å². The minimum atomic E-state index is -0.902. The van der Waals surface area contributed by atoms with Crippen LogP contribution in [0, 0.1) is 5.92 Å². The molecule has 5 heteroatoms. The Balaban J connectivity index is 3.17. The monoisotopic (exact) mass is 318 g/mol. The first-order valence-corrected chi connectivity index (χ1v) is 9.13. The van der Waals surface area contributed by atoms with Gasteiger partial charge in [-0.3, -0.25) is 9.59 Å². The number of unbranched alkanes of at least 4 members (excludes halogenated alkanes) is 6. The van der Waals surface area contributed by atoms with Crippen LogP contribution < -0.4 is 0 Å². The quantitative estimate of drug-likeness (QED) is 0.385. The number of esters is 1. The smallest absolute Gasteiger partial charge is 0.315 e. The SMILES string of the molecule is CC(C)CCCCCCCCCOC(=O)CSCC(=O)O. The van der Waals surface area contributed by atoms with Crippen LogP contribution in [0.2, 0.25) is 0 Å². The fraction of sp³-hybridized carbons (Fsp3) is 0.875. The molecule has 0 aliphatic carbocycles. The van der Waals surface area contributed by atoms with E-state index >= 15 is 0 Å². The van der Waals surface area contributed by atoms with Crippen molar-refractivity contribution in [2.24, 2.45) is 5.92 Å². The Bertz CT molecular complexity index is 279. The number of carbonyl (C=O) groups excluding carboxylic acids is 1. The van der Waals surface area contributed by atoms with E-state index in [1.54, 1.807) is 0 Å². The number of thioether (sulfide) groups is 1. The van der Waals surface area contributed by atoms with Crippen molar-refractivity contribution in [2.75, 3.05) is 18.1 Å². The van der Waals surface area contributed by atoms with Gasteiger partial charge in [0, 0.05) is 0 Å². The average molecular weight is 318 g/mol. The minimum Gasteiger partial charge on any atom is -0.481 e. The zero-order valence-electron chi connectivity index (χ0n) is 13.4. The molecule has 0 heterocycles. The average Bonchev–Trinajstić information content (AvgIpc) is 2.40. The lowest BCUT2D eigenvalue weighted by atomic mass is 10.0. The van der Waals surface area contributed by atoms with Gasteiger partial charge in [-0.15, -0.1) is 11.8 Å². The summed E-state index contributed by atoms with van der Waals surface area (Å²) >= 11 is 1.08. The number of ether oxygens (including phenoxy) is 1. The van der Waals surface area contributed by atoms with Crippen LogP contribution in [0.1, 0.15) is 65.2 Å². The van der Waals surface area contributed by atoms with Crippen LogP contribution in [-0.2, 0) is 14.3 Å². The molecule has 0 fully saturated rings. The summed E-state index contributed by atoms with van der Waals surface area (Å²) in [6, 6.07) is 0. The highest BCUT2D eigenvalue weighted by atomic mass is 32.2. The van der Waals surface area contributed by atoms with Gasteiger partial charge in [0.05, 0.1) is 18.1 Å².